The van der Waals surface area contributed by atoms with Crippen molar-refractivity contribution < 1.29 is 0 Å². The fourth-order valence-corrected chi connectivity index (χ4v) is 2.61. The Kier molecular flexibility index (Phi) is 3.61. The summed E-state index contributed by atoms with van der Waals surface area (Å²) in [7, 11) is 0. The van der Waals surface area contributed by atoms with E-state index in [0.717, 1.165) is 0 Å². The van der Waals surface area contributed by atoms with Gasteiger partial charge in [0.15, 0.2) is 0 Å². The van der Waals surface area contributed by atoms with E-state index in [1.165, 1.54) is 0 Å². The number of rotatable bonds is 6. The molecule has 0 atom stereocenters. The molecule has 0 radical (unpaired) electrons. The highest BCUT2D eigenvalue weighted by Crippen LogP contribution is 2.17. The lowest BCUT2D eigenvalue weighted by molar-refractivity contribution is 0.499. The molecule has 22 heavy (non-hydrogen) atoms. The van der Waals surface area contributed by atoms with Crippen LogP contribution in [0.4, 0.5) is 0 Å². The van der Waals surface area contributed by atoms with Crippen LogP contribution in [-0.4, -0.2) is 47.4 Å². The fourth-order valence-electron chi connectivity index (χ4n) is 2.61. The molecule has 0 fully saturated rings. The molecule has 0 amide bonds. The number of hydrazone groups is 1. The second-order valence-corrected chi connectivity index (χ2v) is 4.65. The van der Waals surface area contributed by atoms with E-state index in [9.17, 15) is 0 Å². The molecule has 8 nitrogen and oxygen atoms in total. The van der Waals surface area contributed by atoms with Crippen LogP contribution in [0, 0.1) is 0 Å². The summed E-state index contributed by atoms with van der Waals surface area (Å²) < 4.78 is 5.32. The standard InChI is InChI=1S/C13H16BN8/c1-3-10-19(15-2)14(20-11-4-7-16-20,21-12-5-8-17-21)22-13-6-9-18-22/h3-13H,2H2,1H3/q-1/b10-3-. The molecule has 0 spiro atoms. The Morgan fingerprint density at radius 3 is 1.68 bits per heavy atom. The summed E-state index contributed by atoms with van der Waals surface area (Å²) in [4.78, 5) is 1.70. The Bertz CT molecular complexity index is 645. The summed E-state index contributed by atoms with van der Waals surface area (Å²) in [5.74, 6) is 0. The zero-order valence-electron chi connectivity index (χ0n) is 12.2. The number of aromatic nitrogens is 6. The SMILES string of the molecule is C=NN(/C=C\C)[B-](n1cccn1)(n1cccn1)n1cccn1. The van der Waals surface area contributed by atoms with Gasteiger partial charge in [-0.1, -0.05) is 6.08 Å². The van der Waals surface area contributed by atoms with Gasteiger partial charge in [0.2, 0.25) is 0 Å². The smallest absolute Gasteiger partial charge is 0.380 e. The normalized spacial score (nSPS) is 11.9. The van der Waals surface area contributed by atoms with Gasteiger partial charge < -0.3 is 18.7 Å². The largest absolute Gasteiger partial charge is 0.466 e. The molecule has 112 valence electrons. The number of hydrogen-bond acceptors (Lipinski definition) is 5. The topological polar surface area (TPSA) is 69.1 Å². The van der Waals surface area contributed by atoms with Gasteiger partial charge in [-0.2, -0.15) is 0 Å². The van der Waals surface area contributed by atoms with Gasteiger partial charge in [0.25, 0.3) is 0 Å². The molecule has 0 saturated heterocycles. The van der Waals surface area contributed by atoms with E-state index in [1.807, 2.05) is 56.0 Å². The fraction of sp³-hybridized carbons (Fsp3) is 0.0769. The molecule has 3 aromatic heterocycles. The lowest BCUT2D eigenvalue weighted by atomic mass is 9.74. The minimum absolute atomic E-state index is 1.70. The Balaban J connectivity index is 2.35. The van der Waals surface area contributed by atoms with E-state index in [4.69, 9.17) is 0 Å². The Hall–Kier alpha value is -3.10. The summed E-state index contributed by atoms with van der Waals surface area (Å²) in [6.07, 6.45) is 14.4. The third kappa shape index (κ3) is 1.94. The number of hydrogen-bond donors (Lipinski definition) is 0. The average Bonchev–Trinajstić information content (AvgIpc) is 3.29. The maximum Gasteiger partial charge on any atom is 0.466 e. The van der Waals surface area contributed by atoms with Gasteiger partial charge in [-0.05, 0) is 49.9 Å². The molecule has 0 unspecified atom stereocenters. The van der Waals surface area contributed by atoms with Crippen molar-refractivity contribution in [2.75, 3.05) is 0 Å². The van der Waals surface area contributed by atoms with Gasteiger partial charge >= 0.3 is 6.69 Å². The lowest BCUT2D eigenvalue weighted by Gasteiger charge is -2.46. The van der Waals surface area contributed by atoms with Crippen molar-refractivity contribution in [3.63, 3.8) is 0 Å². The van der Waals surface area contributed by atoms with Gasteiger partial charge in [0.05, 0.1) is 0 Å². The molecule has 0 aliphatic heterocycles. The molecule has 3 heterocycles. The molecule has 0 aliphatic carbocycles. The molecule has 3 aromatic rings. The maximum absolute atomic E-state index is 4.41. The van der Waals surface area contributed by atoms with Crippen LogP contribution in [0.1, 0.15) is 6.92 Å². The third-order valence-electron chi connectivity index (χ3n) is 3.46. The predicted molar refractivity (Wildman–Crippen MR) is 84.8 cm³/mol. The van der Waals surface area contributed by atoms with Crippen molar-refractivity contribution >= 4 is 13.4 Å². The minimum atomic E-state index is -1.94. The zero-order chi connectivity index (χ0) is 15.4. The predicted octanol–water partition coefficient (Wildman–Crippen LogP) is 1.11. The average molecular weight is 295 g/mol. The second-order valence-electron chi connectivity index (χ2n) is 4.65. The molecule has 0 aliphatic rings. The minimum Gasteiger partial charge on any atom is -0.380 e. The molecule has 0 aromatic carbocycles. The van der Waals surface area contributed by atoms with Gasteiger partial charge in [-0.25, -0.2) is 20.4 Å². The zero-order valence-corrected chi connectivity index (χ0v) is 12.2. The Morgan fingerprint density at radius 2 is 1.41 bits per heavy atom. The van der Waals surface area contributed by atoms with Gasteiger partial charge in [-0.15, -0.1) is 0 Å². The Morgan fingerprint density at radius 1 is 0.955 bits per heavy atom. The van der Waals surface area contributed by atoms with Crippen LogP contribution < -0.4 is 0 Å². The summed E-state index contributed by atoms with van der Waals surface area (Å²) in [5.41, 5.74) is 0. The van der Waals surface area contributed by atoms with Gasteiger partial charge in [0, 0.05) is 25.3 Å². The van der Waals surface area contributed by atoms with E-state index in [-0.39, 0.29) is 0 Å². The Labute approximate surface area is 128 Å². The summed E-state index contributed by atoms with van der Waals surface area (Å²) in [6.45, 7) is 3.67. The number of allylic oxidation sites excluding steroid dienone is 1. The molecule has 0 bridgehead atoms. The molecule has 3 rings (SSSR count). The van der Waals surface area contributed by atoms with E-state index < -0.39 is 6.69 Å². The molecule has 0 saturated carbocycles. The summed E-state index contributed by atoms with van der Waals surface area (Å²) in [6, 6.07) is 5.54. The first-order valence-corrected chi connectivity index (χ1v) is 6.87. The van der Waals surface area contributed by atoms with Crippen LogP contribution in [-0.2, 0) is 0 Å². The van der Waals surface area contributed by atoms with Crippen LogP contribution in [0.2, 0.25) is 0 Å². The van der Waals surface area contributed by atoms with Crippen LogP contribution in [0.3, 0.4) is 0 Å². The van der Waals surface area contributed by atoms with Gasteiger partial charge in [0.1, 0.15) is 0 Å². The van der Waals surface area contributed by atoms with Crippen molar-refractivity contribution in [3.05, 3.63) is 67.7 Å². The first-order valence-electron chi connectivity index (χ1n) is 6.87. The molecule has 9 heteroatoms. The lowest BCUT2D eigenvalue weighted by Crippen LogP contribution is -2.68. The van der Waals surface area contributed by atoms with Crippen molar-refractivity contribution in [2.45, 2.75) is 6.92 Å². The van der Waals surface area contributed by atoms with Crippen molar-refractivity contribution in [1.29, 1.82) is 0 Å². The summed E-state index contributed by atoms with van der Waals surface area (Å²) in [5, 5.41) is 17.4. The van der Waals surface area contributed by atoms with Crippen molar-refractivity contribution in [2.24, 2.45) is 5.10 Å². The third-order valence-corrected chi connectivity index (χ3v) is 3.46. The van der Waals surface area contributed by atoms with E-state index in [2.05, 4.69) is 27.1 Å². The first kappa shape index (κ1) is 13.9. The summed E-state index contributed by atoms with van der Waals surface area (Å²) >= 11 is 0. The highest BCUT2D eigenvalue weighted by Gasteiger charge is 2.40. The van der Waals surface area contributed by atoms with Crippen molar-refractivity contribution in [3.8, 4) is 0 Å². The highest BCUT2D eigenvalue weighted by atomic mass is 15.6. The first-order chi connectivity index (χ1) is 10.8. The second kappa shape index (κ2) is 5.72. The van der Waals surface area contributed by atoms with Crippen LogP contribution in [0.5, 0.6) is 0 Å². The highest BCUT2D eigenvalue weighted by molar-refractivity contribution is 6.71. The number of nitrogens with zero attached hydrogens (tertiary/aromatic N) is 8. The van der Waals surface area contributed by atoms with Crippen LogP contribution in [0.15, 0.2) is 72.8 Å². The van der Waals surface area contributed by atoms with E-state index >= 15 is 0 Å². The van der Waals surface area contributed by atoms with Crippen LogP contribution >= 0.6 is 0 Å². The van der Waals surface area contributed by atoms with Gasteiger partial charge in [-0.3, -0.25) is 0 Å². The van der Waals surface area contributed by atoms with E-state index in [1.54, 1.807) is 37.3 Å². The molecular weight excluding hydrogens is 279 g/mol. The van der Waals surface area contributed by atoms with E-state index in [0.29, 0.717) is 0 Å². The molecular formula is C13H16BN8-. The quantitative estimate of drug-likeness (QED) is 0.388. The monoisotopic (exact) mass is 295 g/mol. The van der Waals surface area contributed by atoms with Crippen molar-refractivity contribution in [1.82, 2.24) is 34.0 Å². The maximum atomic E-state index is 4.41. The molecule has 0 N–H and O–H groups in total. The van der Waals surface area contributed by atoms with Crippen LogP contribution in [0.25, 0.3) is 0 Å².